The zero-order valence-electron chi connectivity index (χ0n) is 14.0. The van der Waals surface area contributed by atoms with Crippen molar-refractivity contribution in [1.82, 2.24) is 14.9 Å². The maximum Gasteiger partial charge on any atom is 0.159 e. The van der Waals surface area contributed by atoms with Gasteiger partial charge in [0, 0.05) is 48.4 Å². The van der Waals surface area contributed by atoms with Crippen LogP contribution in [0, 0.1) is 0 Å². The van der Waals surface area contributed by atoms with Gasteiger partial charge >= 0.3 is 0 Å². The molecule has 1 aliphatic rings. The summed E-state index contributed by atoms with van der Waals surface area (Å²) in [6, 6.07) is 12.9. The Balaban J connectivity index is 1.52. The fourth-order valence-electron chi connectivity index (χ4n) is 3.18. The first-order valence-electron chi connectivity index (χ1n) is 8.39. The molecule has 4 nitrogen and oxygen atoms in total. The summed E-state index contributed by atoms with van der Waals surface area (Å²) in [4.78, 5) is 11.5. The molecule has 0 aliphatic carbocycles. The van der Waals surface area contributed by atoms with Crippen LogP contribution < -0.4 is 0 Å². The minimum atomic E-state index is 0.123. The van der Waals surface area contributed by atoms with Crippen LogP contribution in [0.1, 0.15) is 16.8 Å². The van der Waals surface area contributed by atoms with Crippen LogP contribution in [0.25, 0.3) is 11.4 Å². The van der Waals surface area contributed by atoms with E-state index in [1.54, 1.807) is 6.07 Å². The predicted molar refractivity (Wildman–Crippen MR) is 103 cm³/mol. The van der Waals surface area contributed by atoms with E-state index in [4.69, 9.17) is 28.2 Å². The molecule has 132 valence electrons. The maximum atomic E-state index is 9.76. The van der Waals surface area contributed by atoms with Crippen LogP contribution in [-0.4, -0.2) is 26.5 Å². The molecule has 0 unspecified atom stereocenters. The highest BCUT2D eigenvalue weighted by Gasteiger charge is 2.20. The molecule has 6 heteroatoms. The average molecular weight is 386 g/mol. The molecule has 0 atom stereocenters. The van der Waals surface area contributed by atoms with Crippen LogP contribution in [0.15, 0.2) is 48.7 Å². The lowest BCUT2D eigenvalue weighted by Crippen LogP contribution is -2.31. The molecule has 0 spiro atoms. The number of fused-ring (bicyclic) bond motifs is 1. The number of aromatic nitrogens is 2. The van der Waals surface area contributed by atoms with Crippen LogP contribution in [0.3, 0.4) is 0 Å². The van der Waals surface area contributed by atoms with E-state index in [9.17, 15) is 5.11 Å². The quantitative estimate of drug-likeness (QED) is 0.708. The van der Waals surface area contributed by atoms with E-state index >= 15 is 0 Å². The number of rotatable bonds is 3. The van der Waals surface area contributed by atoms with Crippen molar-refractivity contribution in [2.45, 2.75) is 19.5 Å². The summed E-state index contributed by atoms with van der Waals surface area (Å²) >= 11 is 12.1. The third kappa shape index (κ3) is 3.54. The normalized spacial score (nSPS) is 14.2. The summed E-state index contributed by atoms with van der Waals surface area (Å²) in [5.74, 6) is 0.849. The number of phenolic OH excluding ortho intramolecular Hbond substituents is 1. The summed E-state index contributed by atoms with van der Waals surface area (Å²) in [6.45, 7) is 2.34. The Bertz CT molecular complexity index is 944. The van der Waals surface area contributed by atoms with E-state index < -0.39 is 0 Å². The smallest absolute Gasteiger partial charge is 0.159 e. The van der Waals surface area contributed by atoms with E-state index in [0.29, 0.717) is 16.6 Å². The van der Waals surface area contributed by atoms with Crippen molar-refractivity contribution in [3.05, 3.63) is 75.5 Å². The maximum absolute atomic E-state index is 9.76. The number of hydrogen-bond donors (Lipinski definition) is 1. The van der Waals surface area contributed by atoms with Gasteiger partial charge in [0.05, 0.1) is 10.7 Å². The monoisotopic (exact) mass is 385 g/mol. The molecule has 26 heavy (non-hydrogen) atoms. The van der Waals surface area contributed by atoms with Crippen molar-refractivity contribution in [3.63, 3.8) is 0 Å². The highest BCUT2D eigenvalue weighted by Crippen LogP contribution is 2.29. The second-order valence-electron chi connectivity index (χ2n) is 6.38. The molecule has 4 rings (SSSR count). The van der Waals surface area contributed by atoms with Gasteiger partial charge in [-0.25, -0.2) is 9.97 Å². The first kappa shape index (κ1) is 17.3. The van der Waals surface area contributed by atoms with E-state index in [2.05, 4.69) is 9.88 Å². The first-order valence-corrected chi connectivity index (χ1v) is 9.15. The zero-order chi connectivity index (χ0) is 18.1. The Morgan fingerprint density at radius 1 is 1.08 bits per heavy atom. The molecule has 1 aliphatic heterocycles. The van der Waals surface area contributed by atoms with Crippen molar-refractivity contribution < 1.29 is 5.11 Å². The Morgan fingerprint density at radius 2 is 1.88 bits per heavy atom. The lowest BCUT2D eigenvalue weighted by molar-refractivity contribution is 0.242. The molecule has 0 fully saturated rings. The average Bonchev–Trinajstić information content (AvgIpc) is 2.66. The lowest BCUT2D eigenvalue weighted by atomic mass is 10.1. The van der Waals surface area contributed by atoms with Crippen LogP contribution in [0.2, 0.25) is 10.0 Å². The summed E-state index contributed by atoms with van der Waals surface area (Å²) in [7, 11) is 0. The van der Waals surface area contributed by atoms with Gasteiger partial charge < -0.3 is 5.11 Å². The van der Waals surface area contributed by atoms with E-state index in [0.717, 1.165) is 47.7 Å². The van der Waals surface area contributed by atoms with Gasteiger partial charge in [-0.15, -0.1) is 0 Å². The number of phenols is 1. The number of benzene rings is 2. The summed E-state index contributed by atoms with van der Waals surface area (Å²) in [5, 5.41) is 10.9. The molecule has 3 aromatic rings. The summed E-state index contributed by atoms with van der Waals surface area (Å²) in [5.41, 5.74) is 4.11. The third-order valence-corrected chi connectivity index (χ3v) is 5.26. The van der Waals surface area contributed by atoms with E-state index in [-0.39, 0.29) is 5.75 Å². The van der Waals surface area contributed by atoms with Gasteiger partial charge in [-0.05, 0) is 35.9 Å². The van der Waals surface area contributed by atoms with Gasteiger partial charge in [-0.1, -0.05) is 35.3 Å². The van der Waals surface area contributed by atoms with Crippen molar-refractivity contribution in [2.75, 3.05) is 6.54 Å². The minimum absolute atomic E-state index is 0.123. The highest BCUT2D eigenvalue weighted by molar-refractivity contribution is 6.32. The van der Waals surface area contributed by atoms with Gasteiger partial charge in [0.2, 0.25) is 0 Å². The fraction of sp³-hybridized carbons (Fsp3) is 0.200. The second kappa shape index (κ2) is 7.23. The molecule has 2 aromatic carbocycles. The number of halogens is 2. The largest absolute Gasteiger partial charge is 0.506 e. The Labute approximate surface area is 162 Å². The predicted octanol–water partition coefficient (Wildman–Crippen LogP) is 4.71. The van der Waals surface area contributed by atoms with Gasteiger partial charge in [-0.2, -0.15) is 0 Å². The Hall–Kier alpha value is -2.14. The zero-order valence-corrected chi connectivity index (χ0v) is 15.5. The molecular formula is C20H17Cl2N3O. The molecule has 2 heterocycles. The van der Waals surface area contributed by atoms with Gasteiger partial charge in [0.15, 0.2) is 5.82 Å². The SMILES string of the molecule is Oc1cccc(CN2CCc3nc(-c4ccc(Cl)cc4)ncc3C2)c1Cl. The molecular weight excluding hydrogens is 369 g/mol. The van der Waals surface area contributed by atoms with Crippen LogP contribution >= 0.6 is 23.2 Å². The van der Waals surface area contributed by atoms with Crippen molar-refractivity contribution >= 4 is 23.2 Å². The van der Waals surface area contributed by atoms with E-state index in [1.807, 2.05) is 42.6 Å². The number of aromatic hydroxyl groups is 1. The molecule has 0 saturated heterocycles. The first-order chi connectivity index (χ1) is 12.6. The summed E-state index contributed by atoms with van der Waals surface area (Å²) in [6.07, 6.45) is 2.76. The topological polar surface area (TPSA) is 49.2 Å². The van der Waals surface area contributed by atoms with Gasteiger partial charge in [-0.3, -0.25) is 4.90 Å². The number of hydrogen-bond acceptors (Lipinski definition) is 4. The van der Waals surface area contributed by atoms with Crippen molar-refractivity contribution in [1.29, 1.82) is 0 Å². The van der Waals surface area contributed by atoms with Crippen LogP contribution in [0.5, 0.6) is 5.75 Å². The molecule has 0 bridgehead atoms. The molecule has 0 amide bonds. The standard InChI is InChI=1S/C20H17Cl2N3O/c21-16-6-4-13(5-7-16)20-23-10-15-12-25(9-8-17(15)24-20)11-14-2-1-3-18(26)19(14)22/h1-7,10,26H,8-9,11-12H2. The Kier molecular flexibility index (Phi) is 4.81. The van der Waals surface area contributed by atoms with Gasteiger partial charge in [0.1, 0.15) is 5.75 Å². The third-order valence-electron chi connectivity index (χ3n) is 4.57. The highest BCUT2D eigenvalue weighted by atomic mass is 35.5. The Morgan fingerprint density at radius 3 is 2.69 bits per heavy atom. The van der Waals surface area contributed by atoms with Crippen LogP contribution in [0.4, 0.5) is 0 Å². The molecule has 1 N–H and O–H groups in total. The lowest BCUT2D eigenvalue weighted by Gasteiger charge is -2.28. The minimum Gasteiger partial charge on any atom is -0.506 e. The van der Waals surface area contributed by atoms with E-state index in [1.165, 1.54) is 0 Å². The molecule has 0 saturated carbocycles. The fourth-order valence-corrected chi connectivity index (χ4v) is 3.49. The van der Waals surface area contributed by atoms with Gasteiger partial charge in [0.25, 0.3) is 0 Å². The molecule has 1 aromatic heterocycles. The molecule has 0 radical (unpaired) electrons. The second-order valence-corrected chi connectivity index (χ2v) is 7.20. The van der Waals surface area contributed by atoms with Crippen molar-refractivity contribution in [2.24, 2.45) is 0 Å². The summed E-state index contributed by atoms with van der Waals surface area (Å²) < 4.78 is 0. The van der Waals surface area contributed by atoms with Crippen molar-refractivity contribution in [3.8, 4) is 17.1 Å². The van der Waals surface area contributed by atoms with Crippen LogP contribution in [-0.2, 0) is 19.5 Å². The number of nitrogens with zero attached hydrogens (tertiary/aromatic N) is 3.